The lowest BCUT2D eigenvalue weighted by Crippen LogP contribution is -2.35. The van der Waals surface area contributed by atoms with Crippen molar-refractivity contribution in [2.75, 3.05) is 17.7 Å². The van der Waals surface area contributed by atoms with E-state index in [9.17, 15) is 15.3 Å². The van der Waals surface area contributed by atoms with Gasteiger partial charge >= 0.3 is 0 Å². The number of fused-ring (bicyclic) bond motifs is 1. The normalized spacial score (nSPS) is 26.0. The fourth-order valence-electron chi connectivity index (χ4n) is 4.41. The lowest BCUT2D eigenvalue weighted by molar-refractivity contribution is 0.00446. The third kappa shape index (κ3) is 3.63. The van der Waals surface area contributed by atoms with Crippen molar-refractivity contribution in [1.29, 1.82) is 0 Å². The number of nitrogen functional groups attached to an aromatic ring is 1. The van der Waals surface area contributed by atoms with Crippen LogP contribution in [0.1, 0.15) is 42.3 Å². The van der Waals surface area contributed by atoms with Crippen molar-refractivity contribution in [2.24, 2.45) is 5.92 Å². The van der Waals surface area contributed by atoms with Crippen LogP contribution in [0, 0.1) is 19.8 Å². The molecular formula is C21H26N6O3S. The third-order valence-electron chi connectivity index (χ3n) is 6.18. The maximum absolute atomic E-state index is 10.5. The maximum Gasteiger partial charge on any atom is 0.222 e. The van der Waals surface area contributed by atoms with Crippen molar-refractivity contribution < 1.29 is 15.3 Å². The minimum absolute atomic E-state index is 0.118. The zero-order chi connectivity index (χ0) is 21.9. The summed E-state index contributed by atoms with van der Waals surface area (Å²) in [6, 6.07) is 1.58. The van der Waals surface area contributed by atoms with E-state index in [1.165, 1.54) is 0 Å². The van der Waals surface area contributed by atoms with E-state index in [1.807, 2.05) is 19.9 Å². The van der Waals surface area contributed by atoms with Crippen molar-refractivity contribution in [3.63, 3.8) is 0 Å². The Morgan fingerprint density at radius 2 is 1.90 bits per heavy atom. The number of aryl methyl sites for hydroxylation is 2. The van der Waals surface area contributed by atoms with Crippen molar-refractivity contribution in [3.8, 4) is 10.6 Å². The molecule has 0 aromatic carbocycles. The predicted molar refractivity (Wildman–Crippen MR) is 119 cm³/mol. The highest BCUT2D eigenvalue weighted by molar-refractivity contribution is 7.21. The minimum Gasteiger partial charge on any atom is -0.396 e. The second-order valence-corrected chi connectivity index (χ2v) is 9.62. The number of rotatable bonds is 5. The van der Waals surface area contributed by atoms with Crippen molar-refractivity contribution in [2.45, 2.75) is 57.3 Å². The van der Waals surface area contributed by atoms with Crippen molar-refractivity contribution in [3.05, 3.63) is 23.1 Å². The van der Waals surface area contributed by atoms with Crippen LogP contribution in [0.25, 0.3) is 20.8 Å². The van der Waals surface area contributed by atoms with E-state index >= 15 is 0 Å². The monoisotopic (exact) mass is 442 g/mol. The highest BCUT2D eigenvalue weighted by Gasteiger charge is 2.41. The fraction of sp³-hybridized carbons (Fsp3) is 0.524. The number of nitrogens with one attached hydrogen (secondary N) is 1. The summed E-state index contributed by atoms with van der Waals surface area (Å²) < 4.78 is 1.07. The Kier molecular flexibility index (Phi) is 5.04. The van der Waals surface area contributed by atoms with Crippen LogP contribution >= 0.6 is 11.3 Å². The summed E-state index contributed by atoms with van der Waals surface area (Å²) in [5.41, 5.74) is 10.3. The first-order valence-electron chi connectivity index (χ1n) is 10.5. The molecule has 3 aromatic rings. The first-order valence-corrected chi connectivity index (χ1v) is 11.3. The van der Waals surface area contributed by atoms with Crippen LogP contribution in [0.5, 0.6) is 0 Å². The first-order chi connectivity index (χ1) is 14.9. The van der Waals surface area contributed by atoms with E-state index in [4.69, 9.17) is 15.7 Å². The molecule has 0 bridgehead atoms. The Balaban J connectivity index is 1.58. The smallest absolute Gasteiger partial charge is 0.222 e. The average Bonchev–Trinajstić information content (AvgIpc) is 3.42. The zero-order valence-electron chi connectivity index (χ0n) is 17.4. The van der Waals surface area contributed by atoms with E-state index in [0.29, 0.717) is 23.9 Å². The summed E-state index contributed by atoms with van der Waals surface area (Å²) in [7, 11) is 0. The van der Waals surface area contributed by atoms with E-state index in [0.717, 1.165) is 45.0 Å². The molecule has 164 valence electrons. The number of aromatic nitrogens is 4. The molecule has 0 unspecified atom stereocenters. The van der Waals surface area contributed by atoms with Gasteiger partial charge in [-0.3, -0.25) is 4.98 Å². The molecule has 2 saturated carbocycles. The number of aliphatic hydroxyl groups excluding tert-OH is 3. The van der Waals surface area contributed by atoms with Gasteiger partial charge < -0.3 is 26.4 Å². The molecular weight excluding hydrogens is 416 g/mol. The Morgan fingerprint density at radius 1 is 1.13 bits per heavy atom. The molecule has 4 atom stereocenters. The molecule has 2 aliphatic rings. The van der Waals surface area contributed by atoms with Crippen LogP contribution in [0.4, 0.5) is 11.8 Å². The second kappa shape index (κ2) is 7.63. The molecule has 0 radical (unpaired) electrons. The van der Waals surface area contributed by atoms with Gasteiger partial charge in [-0.05, 0) is 39.2 Å². The molecule has 0 aliphatic heterocycles. The van der Waals surface area contributed by atoms with Crippen LogP contribution in [-0.2, 0) is 0 Å². The summed E-state index contributed by atoms with van der Waals surface area (Å²) in [5.74, 6) is 0.669. The van der Waals surface area contributed by atoms with Crippen LogP contribution in [0.2, 0.25) is 0 Å². The molecule has 2 fully saturated rings. The van der Waals surface area contributed by atoms with Crippen molar-refractivity contribution >= 4 is 33.3 Å². The summed E-state index contributed by atoms with van der Waals surface area (Å²) in [5, 5.41) is 34.1. The quantitative estimate of drug-likeness (QED) is 0.398. The molecule has 10 heteroatoms. The topological polar surface area (TPSA) is 150 Å². The van der Waals surface area contributed by atoms with E-state index in [2.05, 4.69) is 15.3 Å². The molecule has 9 nitrogen and oxygen atoms in total. The highest BCUT2D eigenvalue weighted by Crippen LogP contribution is 2.45. The molecule has 2 aliphatic carbocycles. The van der Waals surface area contributed by atoms with Crippen LogP contribution in [-0.4, -0.2) is 60.1 Å². The molecule has 5 rings (SSSR count). The molecule has 6 N–H and O–H groups in total. The zero-order valence-corrected chi connectivity index (χ0v) is 18.2. The lowest BCUT2D eigenvalue weighted by atomic mass is 10.1. The maximum atomic E-state index is 10.5. The number of nitrogens with two attached hydrogens (primary N) is 1. The van der Waals surface area contributed by atoms with Crippen LogP contribution in [0.15, 0.2) is 6.07 Å². The van der Waals surface area contributed by atoms with Gasteiger partial charge in [-0.1, -0.05) is 0 Å². The second-order valence-electron chi connectivity index (χ2n) is 8.59. The number of pyridine rings is 1. The van der Waals surface area contributed by atoms with E-state index < -0.39 is 24.2 Å². The molecule has 0 spiro atoms. The van der Waals surface area contributed by atoms with E-state index in [1.54, 1.807) is 11.3 Å². The third-order valence-corrected chi connectivity index (χ3v) is 7.20. The number of thiazole rings is 1. The summed E-state index contributed by atoms with van der Waals surface area (Å²) in [4.78, 5) is 18.4. The average molecular weight is 443 g/mol. The summed E-state index contributed by atoms with van der Waals surface area (Å²) >= 11 is 1.56. The van der Waals surface area contributed by atoms with E-state index in [-0.39, 0.29) is 12.6 Å². The summed E-state index contributed by atoms with van der Waals surface area (Å²) in [6.45, 7) is 3.66. The number of anilines is 2. The van der Waals surface area contributed by atoms with Crippen molar-refractivity contribution in [1.82, 2.24) is 19.9 Å². The Hall–Kier alpha value is -2.40. The standard InChI is InChI=1S/C21H26N6O3S/c1-8-5-13-16(15(23-8)10-3-4-10)26-20(31-13)14-9(2)24-21(22)27-19(14)25-12-6-11(7-28)17(29)18(12)30/h5,10-12,17-18,28-30H,3-4,6-7H2,1-2H3,(H3,22,24,25,27)/t11-,12-,17-,18+/m1/s1. The number of nitrogens with zero attached hydrogens (tertiary/aromatic N) is 4. The number of hydrogen-bond donors (Lipinski definition) is 5. The number of aliphatic hydroxyl groups is 3. The van der Waals surface area contributed by atoms with Gasteiger partial charge in [-0.15, -0.1) is 11.3 Å². The molecule has 0 saturated heterocycles. The fourth-order valence-corrected chi connectivity index (χ4v) is 5.57. The van der Waals surface area contributed by atoms with Gasteiger partial charge in [0.15, 0.2) is 0 Å². The van der Waals surface area contributed by atoms with Crippen LogP contribution in [0.3, 0.4) is 0 Å². The van der Waals surface area contributed by atoms with Gasteiger partial charge in [-0.2, -0.15) is 4.98 Å². The van der Waals surface area contributed by atoms with Gasteiger partial charge in [0.2, 0.25) is 5.95 Å². The summed E-state index contributed by atoms with van der Waals surface area (Å²) in [6.07, 6.45) is 0.677. The highest BCUT2D eigenvalue weighted by atomic mass is 32.1. The van der Waals surface area contributed by atoms with Gasteiger partial charge in [0.1, 0.15) is 22.4 Å². The Bertz CT molecular complexity index is 1150. The Labute approximate surface area is 183 Å². The number of hydrogen-bond acceptors (Lipinski definition) is 10. The molecule has 31 heavy (non-hydrogen) atoms. The molecule has 3 aromatic heterocycles. The van der Waals surface area contributed by atoms with Gasteiger partial charge in [-0.25, -0.2) is 9.97 Å². The predicted octanol–water partition coefficient (Wildman–Crippen LogP) is 1.74. The SMILES string of the molecule is Cc1cc2sc(-c3c(C)nc(N)nc3N[C@@H]3C[C@H](CO)[C@@H](O)[C@H]3O)nc2c(C2CC2)n1. The van der Waals surface area contributed by atoms with Gasteiger partial charge in [0, 0.05) is 24.1 Å². The van der Waals surface area contributed by atoms with Crippen LogP contribution < -0.4 is 11.1 Å². The lowest BCUT2D eigenvalue weighted by Gasteiger charge is -2.20. The van der Waals surface area contributed by atoms with Gasteiger partial charge in [0.25, 0.3) is 0 Å². The largest absolute Gasteiger partial charge is 0.396 e. The first kappa shape index (κ1) is 20.5. The molecule has 3 heterocycles. The minimum atomic E-state index is -1.02. The Morgan fingerprint density at radius 3 is 2.58 bits per heavy atom. The van der Waals surface area contributed by atoms with Gasteiger partial charge in [0.05, 0.1) is 33.8 Å². The molecule has 0 amide bonds.